The standard InChI is InChI=1S/C17H14ClN3O2/c1-23-17(22)19-14-4-2-3-12(9-14)16-10-15(20-21-16)11-5-7-13(18)8-6-11/h2-10H,1H3,(H,19,22)(H,20,21). The molecule has 0 spiro atoms. The molecule has 0 fully saturated rings. The monoisotopic (exact) mass is 327 g/mol. The van der Waals surface area contributed by atoms with E-state index >= 15 is 0 Å². The van der Waals surface area contributed by atoms with E-state index in [0.29, 0.717) is 10.7 Å². The van der Waals surface area contributed by atoms with Crippen LogP contribution in [0.25, 0.3) is 22.5 Å². The zero-order valence-electron chi connectivity index (χ0n) is 12.3. The lowest BCUT2D eigenvalue weighted by atomic mass is 10.1. The number of H-pyrrole nitrogens is 1. The Balaban J connectivity index is 1.86. The first-order valence-electron chi connectivity index (χ1n) is 6.92. The van der Waals surface area contributed by atoms with Crippen LogP contribution in [0.5, 0.6) is 0 Å². The molecule has 0 saturated carbocycles. The average molecular weight is 328 g/mol. The largest absolute Gasteiger partial charge is 0.453 e. The molecule has 0 atom stereocenters. The number of anilines is 1. The van der Waals surface area contributed by atoms with Crippen LogP contribution in [0.2, 0.25) is 5.02 Å². The summed E-state index contributed by atoms with van der Waals surface area (Å²) >= 11 is 5.90. The Hall–Kier alpha value is -2.79. The van der Waals surface area contributed by atoms with Gasteiger partial charge in [-0.2, -0.15) is 5.10 Å². The van der Waals surface area contributed by atoms with Gasteiger partial charge in [0.2, 0.25) is 0 Å². The second-order valence-corrected chi connectivity index (χ2v) is 5.31. The maximum absolute atomic E-state index is 11.3. The van der Waals surface area contributed by atoms with Crippen molar-refractivity contribution < 1.29 is 9.53 Å². The molecular weight excluding hydrogens is 314 g/mol. The number of hydrogen-bond donors (Lipinski definition) is 2. The van der Waals surface area contributed by atoms with Crippen molar-refractivity contribution in [1.82, 2.24) is 10.2 Å². The first-order valence-corrected chi connectivity index (χ1v) is 7.30. The van der Waals surface area contributed by atoms with E-state index in [4.69, 9.17) is 11.6 Å². The molecule has 3 aromatic rings. The number of nitrogens with zero attached hydrogens (tertiary/aromatic N) is 1. The summed E-state index contributed by atoms with van der Waals surface area (Å²) in [6, 6.07) is 16.8. The molecule has 23 heavy (non-hydrogen) atoms. The van der Waals surface area contributed by atoms with Crippen molar-refractivity contribution in [3.05, 3.63) is 59.6 Å². The number of methoxy groups -OCH3 is 1. The fraction of sp³-hybridized carbons (Fsp3) is 0.0588. The molecule has 1 aromatic heterocycles. The number of hydrogen-bond acceptors (Lipinski definition) is 3. The molecule has 2 N–H and O–H groups in total. The molecule has 0 aliphatic carbocycles. The fourth-order valence-corrected chi connectivity index (χ4v) is 2.30. The third kappa shape index (κ3) is 3.52. The SMILES string of the molecule is COC(=O)Nc1cccc(-c2cc(-c3ccc(Cl)cc3)[nH]n2)c1. The van der Waals surface area contributed by atoms with E-state index in [1.807, 2.05) is 48.5 Å². The lowest BCUT2D eigenvalue weighted by Gasteiger charge is -2.04. The maximum atomic E-state index is 11.3. The minimum atomic E-state index is -0.508. The van der Waals surface area contributed by atoms with Crippen molar-refractivity contribution in [2.45, 2.75) is 0 Å². The van der Waals surface area contributed by atoms with E-state index in [-0.39, 0.29) is 0 Å². The topological polar surface area (TPSA) is 67.0 Å². The van der Waals surface area contributed by atoms with E-state index in [1.165, 1.54) is 7.11 Å². The molecule has 1 heterocycles. The van der Waals surface area contributed by atoms with E-state index in [9.17, 15) is 4.79 Å². The van der Waals surface area contributed by atoms with Gasteiger partial charge < -0.3 is 4.74 Å². The molecule has 0 radical (unpaired) electrons. The predicted molar refractivity (Wildman–Crippen MR) is 90.5 cm³/mol. The normalized spacial score (nSPS) is 10.3. The lowest BCUT2D eigenvalue weighted by Crippen LogP contribution is -2.10. The number of rotatable bonds is 3. The number of carbonyl (C=O) groups excluding carboxylic acids is 1. The smallest absolute Gasteiger partial charge is 0.411 e. The van der Waals surface area contributed by atoms with Gasteiger partial charge in [-0.25, -0.2) is 4.79 Å². The summed E-state index contributed by atoms with van der Waals surface area (Å²) in [5, 5.41) is 10.7. The highest BCUT2D eigenvalue weighted by Crippen LogP contribution is 2.26. The molecule has 0 saturated heterocycles. The van der Waals surface area contributed by atoms with E-state index in [1.54, 1.807) is 6.07 Å². The summed E-state index contributed by atoms with van der Waals surface area (Å²) in [6.07, 6.45) is -0.508. The summed E-state index contributed by atoms with van der Waals surface area (Å²) in [5.41, 5.74) is 4.20. The number of ether oxygens (including phenoxy) is 1. The van der Waals surface area contributed by atoms with Crippen LogP contribution in [-0.4, -0.2) is 23.4 Å². The highest BCUT2D eigenvalue weighted by atomic mass is 35.5. The Labute approximate surface area is 138 Å². The molecular formula is C17H14ClN3O2. The summed E-state index contributed by atoms with van der Waals surface area (Å²) < 4.78 is 4.59. The highest BCUT2D eigenvalue weighted by Gasteiger charge is 2.08. The molecule has 2 aromatic carbocycles. The van der Waals surface area contributed by atoms with Gasteiger partial charge in [0.25, 0.3) is 0 Å². The van der Waals surface area contributed by atoms with Gasteiger partial charge in [0.15, 0.2) is 0 Å². The van der Waals surface area contributed by atoms with Crippen LogP contribution in [0.3, 0.4) is 0 Å². The first kappa shape index (κ1) is 15.1. The maximum Gasteiger partial charge on any atom is 0.411 e. The number of aromatic amines is 1. The quantitative estimate of drug-likeness (QED) is 0.740. The molecule has 0 unspecified atom stereocenters. The number of benzene rings is 2. The Morgan fingerprint density at radius 1 is 1.13 bits per heavy atom. The Bertz CT molecular complexity index is 828. The van der Waals surface area contributed by atoms with E-state index in [0.717, 1.165) is 22.5 Å². The highest BCUT2D eigenvalue weighted by molar-refractivity contribution is 6.30. The van der Waals surface area contributed by atoms with Crippen LogP contribution in [0.4, 0.5) is 10.5 Å². The zero-order chi connectivity index (χ0) is 16.2. The zero-order valence-corrected chi connectivity index (χ0v) is 13.1. The Morgan fingerprint density at radius 2 is 1.91 bits per heavy atom. The van der Waals surface area contributed by atoms with Gasteiger partial charge in [0.05, 0.1) is 18.5 Å². The number of halogens is 1. The molecule has 5 nitrogen and oxygen atoms in total. The minimum absolute atomic E-state index is 0.508. The van der Waals surface area contributed by atoms with Crippen LogP contribution >= 0.6 is 11.6 Å². The Kier molecular flexibility index (Phi) is 4.30. The fourth-order valence-electron chi connectivity index (χ4n) is 2.17. The van der Waals surface area contributed by atoms with Gasteiger partial charge in [0, 0.05) is 16.3 Å². The minimum Gasteiger partial charge on any atom is -0.453 e. The predicted octanol–water partition coefficient (Wildman–Crippen LogP) is 4.58. The van der Waals surface area contributed by atoms with Crippen LogP contribution < -0.4 is 5.32 Å². The number of amides is 1. The van der Waals surface area contributed by atoms with Crippen LogP contribution in [-0.2, 0) is 4.74 Å². The first-order chi connectivity index (χ1) is 11.2. The summed E-state index contributed by atoms with van der Waals surface area (Å²) in [4.78, 5) is 11.3. The van der Waals surface area contributed by atoms with Gasteiger partial charge >= 0.3 is 6.09 Å². The number of nitrogens with one attached hydrogen (secondary N) is 2. The molecule has 6 heteroatoms. The van der Waals surface area contributed by atoms with Crippen molar-refractivity contribution in [2.75, 3.05) is 12.4 Å². The van der Waals surface area contributed by atoms with Gasteiger partial charge in [-0.05, 0) is 35.9 Å². The van der Waals surface area contributed by atoms with Crippen LogP contribution in [0.15, 0.2) is 54.6 Å². The van der Waals surface area contributed by atoms with Crippen LogP contribution in [0.1, 0.15) is 0 Å². The lowest BCUT2D eigenvalue weighted by molar-refractivity contribution is 0.187. The van der Waals surface area contributed by atoms with Crippen molar-refractivity contribution >= 4 is 23.4 Å². The molecule has 0 bridgehead atoms. The van der Waals surface area contributed by atoms with Crippen molar-refractivity contribution in [2.24, 2.45) is 0 Å². The van der Waals surface area contributed by atoms with Crippen molar-refractivity contribution in [3.8, 4) is 22.5 Å². The van der Waals surface area contributed by atoms with E-state index in [2.05, 4.69) is 20.3 Å². The van der Waals surface area contributed by atoms with Gasteiger partial charge in [-0.3, -0.25) is 10.4 Å². The average Bonchev–Trinajstić information content (AvgIpc) is 3.06. The van der Waals surface area contributed by atoms with Crippen molar-refractivity contribution in [1.29, 1.82) is 0 Å². The molecule has 3 rings (SSSR count). The molecule has 116 valence electrons. The molecule has 0 aliphatic rings. The summed E-state index contributed by atoms with van der Waals surface area (Å²) in [5.74, 6) is 0. The van der Waals surface area contributed by atoms with Gasteiger partial charge in [0.1, 0.15) is 0 Å². The summed E-state index contributed by atoms with van der Waals surface area (Å²) in [7, 11) is 1.32. The number of aromatic nitrogens is 2. The third-order valence-corrected chi connectivity index (χ3v) is 3.58. The van der Waals surface area contributed by atoms with Crippen LogP contribution in [0, 0.1) is 0 Å². The molecule has 1 amide bonds. The van der Waals surface area contributed by atoms with Crippen molar-refractivity contribution in [3.63, 3.8) is 0 Å². The summed E-state index contributed by atoms with van der Waals surface area (Å²) in [6.45, 7) is 0. The Morgan fingerprint density at radius 3 is 2.65 bits per heavy atom. The second kappa shape index (κ2) is 6.54. The number of carbonyl (C=O) groups is 1. The van der Waals surface area contributed by atoms with Gasteiger partial charge in [-0.15, -0.1) is 0 Å². The third-order valence-electron chi connectivity index (χ3n) is 3.32. The van der Waals surface area contributed by atoms with E-state index < -0.39 is 6.09 Å². The van der Waals surface area contributed by atoms with Gasteiger partial charge in [-0.1, -0.05) is 35.9 Å². The second-order valence-electron chi connectivity index (χ2n) is 4.87. The molecule has 0 aliphatic heterocycles.